The normalized spacial score (nSPS) is 10.8. The molecular formula is C13H16N2O. The molecule has 3 heteroatoms. The molecule has 0 aliphatic rings. The number of para-hydroxylation sites is 1. The van der Waals surface area contributed by atoms with Gasteiger partial charge in [0, 0.05) is 32.0 Å². The van der Waals surface area contributed by atoms with Crippen LogP contribution in [0.5, 0.6) is 0 Å². The first-order valence-corrected chi connectivity index (χ1v) is 5.29. The third-order valence-electron chi connectivity index (χ3n) is 2.97. The van der Waals surface area contributed by atoms with Crippen LogP contribution >= 0.6 is 0 Å². The van der Waals surface area contributed by atoms with Crippen LogP contribution in [0.1, 0.15) is 16.1 Å². The van der Waals surface area contributed by atoms with Gasteiger partial charge in [0.25, 0.3) is 5.91 Å². The molecule has 0 aliphatic heterocycles. The highest BCUT2D eigenvalue weighted by Crippen LogP contribution is 2.24. The Bertz CT molecular complexity index is 513. The van der Waals surface area contributed by atoms with Crippen molar-refractivity contribution in [3.63, 3.8) is 0 Å². The Hall–Kier alpha value is -1.77. The Labute approximate surface area is 95.3 Å². The summed E-state index contributed by atoms with van der Waals surface area (Å²) < 4.78 is 1.97. The van der Waals surface area contributed by atoms with Crippen LogP contribution in [0, 0.1) is 6.92 Å². The summed E-state index contributed by atoms with van der Waals surface area (Å²) in [7, 11) is 5.49. The van der Waals surface area contributed by atoms with E-state index in [1.54, 1.807) is 19.0 Å². The summed E-state index contributed by atoms with van der Waals surface area (Å²) in [6, 6.07) is 8.08. The Balaban J connectivity index is 2.76. The van der Waals surface area contributed by atoms with Gasteiger partial charge in [0.1, 0.15) is 5.69 Å². The largest absolute Gasteiger partial charge is 0.343 e. The zero-order chi connectivity index (χ0) is 11.9. The van der Waals surface area contributed by atoms with Crippen molar-refractivity contribution in [1.82, 2.24) is 9.47 Å². The lowest BCUT2D eigenvalue weighted by atomic mass is 10.1. The molecule has 1 amide bonds. The first-order valence-electron chi connectivity index (χ1n) is 5.29. The van der Waals surface area contributed by atoms with Gasteiger partial charge in [-0.15, -0.1) is 0 Å². The first-order chi connectivity index (χ1) is 7.54. The SMILES string of the molecule is Cc1c(C(=O)N(C)C)n(C)c2ccccc12. The molecule has 0 atom stereocenters. The molecule has 1 aromatic carbocycles. The molecular weight excluding hydrogens is 200 g/mol. The summed E-state index contributed by atoms with van der Waals surface area (Å²) in [6.45, 7) is 2.00. The molecule has 0 spiro atoms. The topological polar surface area (TPSA) is 25.2 Å². The quantitative estimate of drug-likeness (QED) is 0.717. The molecule has 2 aromatic rings. The Morgan fingerprint density at radius 1 is 1.25 bits per heavy atom. The van der Waals surface area contributed by atoms with Crippen LogP contribution in [0.4, 0.5) is 0 Å². The molecule has 1 heterocycles. The summed E-state index contributed by atoms with van der Waals surface area (Å²) in [5.41, 5.74) is 2.92. The van der Waals surface area contributed by atoms with Crippen molar-refractivity contribution >= 4 is 16.8 Å². The molecule has 0 radical (unpaired) electrons. The fourth-order valence-electron chi connectivity index (χ4n) is 2.10. The van der Waals surface area contributed by atoms with Crippen molar-refractivity contribution in [2.75, 3.05) is 14.1 Å². The minimum absolute atomic E-state index is 0.0520. The highest BCUT2D eigenvalue weighted by molar-refractivity contribution is 6.01. The minimum Gasteiger partial charge on any atom is -0.343 e. The fourth-order valence-corrected chi connectivity index (χ4v) is 2.10. The third-order valence-corrected chi connectivity index (χ3v) is 2.97. The summed E-state index contributed by atoms with van der Waals surface area (Å²) in [5.74, 6) is 0.0520. The van der Waals surface area contributed by atoms with Crippen LogP contribution in [0.3, 0.4) is 0 Å². The third kappa shape index (κ3) is 1.40. The van der Waals surface area contributed by atoms with Crippen LogP contribution < -0.4 is 0 Å². The Morgan fingerprint density at radius 2 is 1.88 bits per heavy atom. The second kappa shape index (κ2) is 3.67. The lowest BCUT2D eigenvalue weighted by Crippen LogP contribution is -2.24. The van der Waals surface area contributed by atoms with E-state index in [4.69, 9.17) is 0 Å². The van der Waals surface area contributed by atoms with Crippen LogP contribution in [-0.2, 0) is 7.05 Å². The number of aryl methyl sites for hydroxylation is 2. The number of carbonyl (C=O) groups excluding carboxylic acids is 1. The molecule has 16 heavy (non-hydrogen) atoms. The van der Waals surface area contributed by atoms with E-state index >= 15 is 0 Å². The monoisotopic (exact) mass is 216 g/mol. The summed E-state index contributed by atoms with van der Waals surface area (Å²) >= 11 is 0. The van der Waals surface area contributed by atoms with Crippen molar-refractivity contribution in [3.05, 3.63) is 35.5 Å². The zero-order valence-corrected chi connectivity index (χ0v) is 10.1. The van der Waals surface area contributed by atoms with E-state index in [-0.39, 0.29) is 5.91 Å². The molecule has 2 rings (SSSR count). The van der Waals surface area contributed by atoms with Gasteiger partial charge in [-0.25, -0.2) is 0 Å². The summed E-state index contributed by atoms with van der Waals surface area (Å²) in [5, 5.41) is 1.15. The zero-order valence-electron chi connectivity index (χ0n) is 10.1. The smallest absolute Gasteiger partial charge is 0.270 e. The second-order valence-corrected chi connectivity index (χ2v) is 4.25. The maximum absolute atomic E-state index is 12.1. The van der Waals surface area contributed by atoms with Crippen molar-refractivity contribution in [2.24, 2.45) is 7.05 Å². The number of hydrogen-bond acceptors (Lipinski definition) is 1. The van der Waals surface area contributed by atoms with Crippen LogP contribution in [0.25, 0.3) is 10.9 Å². The first kappa shape index (κ1) is 10.7. The molecule has 0 unspecified atom stereocenters. The molecule has 0 bridgehead atoms. The van der Waals surface area contributed by atoms with E-state index in [1.807, 2.05) is 36.7 Å². The average molecular weight is 216 g/mol. The van der Waals surface area contributed by atoms with Gasteiger partial charge in [0.2, 0.25) is 0 Å². The maximum Gasteiger partial charge on any atom is 0.270 e. The standard InChI is InChI=1S/C13H16N2O/c1-9-10-7-5-6-8-11(10)15(4)12(9)13(16)14(2)3/h5-8H,1-4H3. The fraction of sp³-hybridized carbons (Fsp3) is 0.308. The second-order valence-electron chi connectivity index (χ2n) is 4.25. The molecule has 84 valence electrons. The number of hydrogen-bond donors (Lipinski definition) is 0. The van der Waals surface area contributed by atoms with Crippen molar-refractivity contribution in [1.29, 1.82) is 0 Å². The Morgan fingerprint density at radius 3 is 2.44 bits per heavy atom. The number of carbonyl (C=O) groups is 1. The molecule has 0 saturated carbocycles. The van der Waals surface area contributed by atoms with Gasteiger partial charge >= 0.3 is 0 Å². The molecule has 0 fully saturated rings. The predicted molar refractivity (Wildman–Crippen MR) is 65.7 cm³/mol. The average Bonchev–Trinajstić information content (AvgIpc) is 2.52. The number of fused-ring (bicyclic) bond motifs is 1. The molecule has 3 nitrogen and oxygen atoms in total. The van der Waals surface area contributed by atoms with Gasteiger partial charge < -0.3 is 9.47 Å². The molecule has 0 saturated heterocycles. The number of nitrogens with zero attached hydrogens (tertiary/aromatic N) is 2. The van der Waals surface area contributed by atoms with E-state index in [2.05, 4.69) is 6.07 Å². The summed E-state index contributed by atoms with van der Waals surface area (Å²) in [4.78, 5) is 13.7. The van der Waals surface area contributed by atoms with E-state index in [1.165, 1.54) is 0 Å². The van der Waals surface area contributed by atoms with Crippen LogP contribution in [-0.4, -0.2) is 29.5 Å². The molecule has 0 aliphatic carbocycles. The lowest BCUT2D eigenvalue weighted by molar-refractivity contribution is 0.0818. The van der Waals surface area contributed by atoms with Gasteiger partial charge in [-0.1, -0.05) is 18.2 Å². The van der Waals surface area contributed by atoms with Crippen molar-refractivity contribution in [3.8, 4) is 0 Å². The predicted octanol–water partition coefficient (Wildman–Crippen LogP) is 2.19. The number of aromatic nitrogens is 1. The van der Waals surface area contributed by atoms with Gasteiger partial charge in [0.05, 0.1) is 0 Å². The van der Waals surface area contributed by atoms with E-state index < -0.39 is 0 Å². The number of benzene rings is 1. The highest BCUT2D eigenvalue weighted by atomic mass is 16.2. The molecule has 1 aromatic heterocycles. The number of rotatable bonds is 1. The van der Waals surface area contributed by atoms with Crippen molar-refractivity contribution < 1.29 is 4.79 Å². The maximum atomic E-state index is 12.1. The highest BCUT2D eigenvalue weighted by Gasteiger charge is 2.18. The lowest BCUT2D eigenvalue weighted by Gasteiger charge is -2.12. The van der Waals surface area contributed by atoms with Gasteiger partial charge in [0.15, 0.2) is 0 Å². The number of amides is 1. The van der Waals surface area contributed by atoms with E-state index in [9.17, 15) is 4.79 Å². The van der Waals surface area contributed by atoms with E-state index in [0.717, 1.165) is 22.2 Å². The van der Waals surface area contributed by atoms with Crippen LogP contribution in [0.2, 0.25) is 0 Å². The summed E-state index contributed by atoms with van der Waals surface area (Å²) in [6.07, 6.45) is 0. The van der Waals surface area contributed by atoms with Gasteiger partial charge in [-0.3, -0.25) is 4.79 Å². The van der Waals surface area contributed by atoms with Gasteiger partial charge in [-0.2, -0.15) is 0 Å². The van der Waals surface area contributed by atoms with Crippen molar-refractivity contribution in [2.45, 2.75) is 6.92 Å². The van der Waals surface area contributed by atoms with Crippen LogP contribution in [0.15, 0.2) is 24.3 Å². The van der Waals surface area contributed by atoms with E-state index in [0.29, 0.717) is 0 Å². The Kier molecular flexibility index (Phi) is 2.46. The van der Waals surface area contributed by atoms with Gasteiger partial charge in [-0.05, 0) is 18.6 Å². The minimum atomic E-state index is 0.0520. The molecule has 0 N–H and O–H groups in total.